The molecule has 0 bridgehead atoms. The zero-order chi connectivity index (χ0) is 62.8. The zero-order valence-electron chi connectivity index (χ0n) is 57.3. The van der Waals surface area contributed by atoms with Gasteiger partial charge in [0.2, 0.25) is 5.91 Å². The Kier molecular flexibility index (Phi) is 63.7. The van der Waals surface area contributed by atoms with Gasteiger partial charge in [-0.25, -0.2) is 0 Å². The highest BCUT2D eigenvalue weighted by atomic mass is 16.7. The average Bonchev–Trinajstić information content (AvgIpc) is 3.38. The fourth-order valence-electron chi connectivity index (χ4n) is 12.3. The van der Waals surface area contributed by atoms with Crippen LogP contribution in [0.5, 0.6) is 0 Å². The minimum atomic E-state index is -1.56. The van der Waals surface area contributed by atoms with Crippen molar-refractivity contribution in [2.75, 3.05) is 13.2 Å². The molecule has 0 aromatic carbocycles. The van der Waals surface area contributed by atoms with E-state index in [4.69, 9.17) is 9.47 Å². The largest absolute Gasteiger partial charge is 0.394 e. The van der Waals surface area contributed by atoms with E-state index in [2.05, 4.69) is 79.9 Å². The molecule has 0 saturated carbocycles. The van der Waals surface area contributed by atoms with Crippen molar-refractivity contribution in [1.29, 1.82) is 0 Å². The van der Waals surface area contributed by atoms with Gasteiger partial charge in [-0.1, -0.05) is 370 Å². The smallest absolute Gasteiger partial charge is 0.220 e. The van der Waals surface area contributed by atoms with Gasteiger partial charge >= 0.3 is 0 Å². The van der Waals surface area contributed by atoms with Gasteiger partial charge in [0.05, 0.1) is 25.4 Å². The molecule has 9 nitrogen and oxygen atoms in total. The predicted octanol–water partition coefficient (Wildman–Crippen LogP) is 21.3. The molecule has 7 unspecified atom stereocenters. The second-order valence-corrected chi connectivity index (χ2v) is 26.4. The van der Waals surface area contributed by atoms with Crippen molar-refractivity contribution < 1.29 is 39.8 Å². The molecule has 0 aromatic heterocycles. The van der Waals surface area contributed by atoms with Gasteiger partial charge in [-0.2, -0.15) is 0 Å². The summed E-state index contributed by atoms with van der Waals surface area (Å²) in [5, 5.41) is 55.1. The van der Waals surface area contributed by atoms with Crippen LogP contribution in [0.15, 0.2) is 60.8 Å². The Bertz CT molecular complexity index is 1560. The number of nitrogens with one attached hydrogen (secondary N) is 1. The number of aliphatic hydroxyl groups excluding tert-OH is 5. The van der Waals surface area contributed by atoms with E-state index in [0.29, 0.717) is 12.8 Å². The van der Waals surface area contributed by atoms with Gasteiger partial charge in [0.15, 0.2) is 6.29 Å². The lowest BCUT2D eigenvalue weighted by atomic mass is 9.99. The summed E-state index contributed by atoms with van der Waals surface area (Å²) in [4.78, 5) is 13.2. The molecule has 1 aliphatic rings. The molecule has 7 atom stereocenters. The van der Waals surface area contributed by atoms with Crippen molar-refractivity contribution in [3.63, 3.8) is 0 Å². The summed E-state index contributed by atoms with van der Waals surface area (Å²) in [6, 6.07) is -0.722. The number of carbonyl (C=O) groups excluding carboxylic acids is 1. The van der Waals surface area contributed by atoms with Crippen LogP contribution in [0.3, 0.4) is 0 Å². The first kappa shape index (κ1) is 82.9. The summed E-state index contributed by atoms with van der Waals surface area (Å²) in [5.41, 5.74) is 0. The van der Waals surface area contributed by atoms with Crippen molar-refractivity contribution in [3.8, 4) is 0 Å². The monoisotopic (exact) mass is 1220 g/mol. The summed E-state index contributed by atoms with van der Waals surface area (Å²) < 4.78 is 11.4. The number of amides is 1. The first-order valence-electron chi connectivity index (χ1n) is 38.0. The van der Waals surface area contributed by atoms with E-state index in [1.165, 1.54) is 276 Å². The molecule has 0 spiro atoms. The molecule has 1 saturated heterocycles. The number of ether oxygens (including phenoxy) is 2. The van der Waals surface area contributed by atoms with Crippen LogP contribution in [-0.2, 0) is 14.3 Å². The normalized spacial score (nSPS) is 18.3. The lowest BCUT2D eigenvalue weighted by Gasteiger charge is -2.40. The third kappa shape index (κ3) is 55.3. The highest BCUT2D eigenvalue weighted by Crippen LogP contribution is 2.24. The fourth-order valence-corrected chi connectivity index (χ4v) is 12.3. The molecule has 1 rings (SSSR count). The Morgan fingerprint density at radius 1 is 0.402 bits per heavy atom. The quantitative estimate of drug-likeness (QED) is 0.0261. The van der Waals surface area contributed by atoms with Crippen LogP contribution >= 0.6 is 0 Å². The number of aliphatic hydroxyl groups is 5. The minimum Gasteiger partial charge on any atom is -0.394 e. The van der Waals surface area contributed by atoms with E-state index in [-0.39, 0.29) is 12.5 Å². The summed E-state index contributed by atoms with van der Waals surface area (Å²) in [6.45, 7) is 3.78. The molecular formula is C78H145NO8. The molecule has 1 fully saturated rings. The van der Waals surface area contributed by atoms with E-state index >= 15 is 0 Å². The van der Waals surface area contributed by atoms with Gasteiger partial charge in [-0.05, 0) is 57.8 Å². The Morgan fingerprint density at radius 2 is 0.713 bits per heavy atom. The summed E-state index contributed by atoms with van der Waals surface area (Å²) in [7, 11) is 0. The number of rotatable bonds is 67. The topological polar surface area (TPSA) is 149 Å². The van der Waals surface area contributed by atoms with Crippen molar-refractivity contribution in [3.05, 3.63) is 60.8 Å². The van der Waals surface area contributed by atoms with Crippen LogP contribution in [0.4, 0.5) is 0 Å². The van der Waals surface area contributed by atoms with Crippen molar-refractivity contribution in [1.82, 2.24) is 5.32 Å². The summed E-state index contributed by atoms with van der Waals surface area (Å²) >= 11 is 0. The van der Waals surface area contributed by atoms with Gasteiger partial charge in [0.25, 0.3) is 0 Å². The lowest BCUT2D eigenvalue weighted by molar-refractivity contribution is -0.302. The predicted molar refractivity (Wildman–Crippen MR) is 373 cm³/mol. The fraction of sp³-hybridized carbons (Fsp3) is 0.859. The maximum absolute atomic E-state index is 13.2. The maximum atomic E-state index is 13.2. The van der Waals surface area contributed by atoms with E-state index < -0.39 is 49.5 Å². The SMILES string of the molecule is CC/C=C\C/C=C\C/C=C\C/C=C\C/C=C\CCCCCCCCCCCCCCCCCCCC(=O)NC(COC1OC(CO)C(O)C(O)C1O)C(O)CCCCCCCCCCCCCCCCCCCCCCCCCCCCCCCCC. The maximum Gasteiger partial charge on any atom is 0.220 e. The molecule has 9 heteroatoms. The van der Waals surface area contributed by atoms with Crippen molar-refractivity contribution >= 4 is 5.91 Å². The molecule has 87 heavy (non-hydrogen) atoms. The number of hydrogen-bond acceptors (Lipinski definition) is 8. The lowest BCUT2D eigenvalue weighted by Crippen LogP contribution is -2.60. The number of allylic oxidation sites excluding steroid dienone is 10. The Labute approximate surface area is 538 Å². The molecule has 0 aromatic rings. The van der Waals surface area contributed by atoms with Gasteiger partial charge in [-0.15, -0.1) is 0 Å². The van der Waals surface area contributed by atoms with Crippen molar-refractivity contribution in [2.45, 2.75) is 416 Å². The molecule has 1 amide bonds. The first-order valence-corrected chi connectivity index (χ1v) is 38.0. The van der Waals surface area contributed by atoms with E-state index in [9.17, 15) is 30.3 Å². The first-order chi connectivity index (χ1) is 42.8. The highest BCUT2D eigenvalue weighted by Gasteiger charge is 2.44. The van der Waals surface area contributed by atoms with Crippen molar-refractivity contribution in [2.24, 2.45) is 0 Å². The van der Waals surface area contributed by atoms with Gasteiger partial charge < -0.3 is 40.3 Å². The van der Waals surface area contributed by atoms with Crippen LogP contribution in [0.2, 0.25) is 0 Å². The molecule has 0 aliphatic carbocycles. The van der Waals surface area contributed by atoms with Crippen LogP contribution in [0.25, 0.3) is 0 Å². The van der Waals surface area contributed by atoms with Crippen LogP contribution < -0.4 is 5.32 Å². The molecule has 6 N–H and O–H groups in total. The third-order valence-corrected chi connectivity index (χ3v) is 18.1. The van der Waals surface area contributed by atoms with E-state index in [1.54, 1.807) is 0 Å². The average molecular weight is 1230 g/mol. The van der Waals surface area contributed by atoms with Gasteiger partial charge in [-0.3, -0.25) is 4.79 Å². The molecule has 0 radical (unpaired) electrons. The minimum absolute atomic E-state index is 0.136. The Hall–Kier alpha value is -2.11. The molecule has 510 valence electrons. The molecular weight excluding hydrogens is 1080 g/mol. The van der Waals surface area contributed by atoms with E-state index in [0.717, 1.165) is 70.6 Å². The highest BCUT2D eigenvalue weighted by molar-refractivity contribution is 5.76. The van der Waals surface area contributed by atoms with Crippen LogP contribution in [0.1, 0.15) is 373 Å². The third-order valence-electron chi connectivity index (χ3n) is 18.1. The Balaban J connectivity index is 2.08. The van der Waals surface area contributed by atoms with Crippen LogP contribution in [0, 0.1) is 0 Å². The Morgan fingerprint density at radius 3 is 1.06 bits per heavy atom. The van der Waals surface area contributed by atoms with Gasteiger partial charge in [0.1, 0.15) is 24.4 Å². The standard InChI is InChI=1S/C78H145NO8/c1-3-5-7-9-11-13-15-17-19-21-23-25-27-29-31-33-35-36-38-40-42-44-46-48-50-52-54-56-58-60-62-64-66-68-74(82)79-71(70-86-78-77(85)76(84)75(83)73(69-80)87-78)72(81)67-65-63-61-59-57-55-53-51-49-47-45-43-41-39-37-34-32-30-28-26-24-22-20-18-16-14-12-10-8-6-4-2/h5,7,11,13,17,19,23,25,29,31,71-73,75-78,80-81,83-85H,3-4,6,8-10,12,14-16,18,20-22,24,26-28,30,32-70H2,1-2H3,(H,79,82)/b7-5-,13-11-,19-17-,25-23-,31-29-. The summed E-state index contributed by atoms with van der Waals surface area (Å²) in [5.74, 6) is -0.139. The molecule has 1 heterocycles. The van der Waals surface area contributed by atoms with E-state index in [1.807, 2.05) is 0 Å². The second-order valence-electron chi connectivity index (χ2n) is 26.4. The molecule has 1 aliphatic heterocycles. The number of unbranched alkanes of at least 4 members (excludes halogenated alkanes) is 47. The van der Waals surface area contributed by atoms with Gasteiger partial charge in [0, 0.05) is 6.42 Å². The number of carbonyl (C=O) groups is 1. The number of hydrogen-bond donors (Lipinski definition) is 6. The summed E-state index contributed by atoms with van der Waals surface area (Å²) in [6.07, 6.45) is 86.0. The zero-order valence-corrected chi connectivity index (χ0v) is 57.3. The second kappa shape index (κ2) is 66.8. The van der Waals surface area contributed by atoms with Crippen LogP contribution in [-0.4, -0.2) is 87.5 Å².